The molecule has 0 radical (unpaired) electrons. The molecule has 1 saturated heterocycles. The minimum atomic E-state index is -4.07. The van der Waals surface area contributed by atoms with E-state index < -0.39 is 18.6 Å². The largest absolute Gasteiger partial charge is 0.390 e. The third-order valence-electron chi connectivity index (χ3n) is 2.67. The number of nitrogens with one attached hydrogen (secondary N) is 2. The third-order valence-corrected chi connectivity index (χ3v) is 2.67. The van der Waals surface area contributed by atoms with Crippen LogP contribution in [0, 0.1) is 0 Å². The van der Waals surface area contributed by atoms with Gasteiger partial charge in [-0.2, -0.15) is 13.2 Å². The number of halogens is 3. The van der Waals surface area contributed by atoms with E-state index in [1.54, 1.807) is 6.92 Å². The average molecular weight is 239 g/mol. The van der Waals surface area contributed by atoms with E-state index in [0.717, 1.165) is 32.7 Å². The summed E-state index contributed by atoms with van der Waals surface area (Å²) >= 11 is 0. The minimum absolute atomic E-state index is 0.497. The Hall–Kier alpha value is -0.330. The lowest BCUT2D eigenvalue weighted by molar-refractivity contribution is -0.139. The molecule has 2 N–H and O–H groups in total. The van der Waals surface area contributed by atoms with Crippen LogP contribution in [0.1, 0.15) is 13.3 Å². The number of rotatable bonds is 5. The van der Waals surface area contributed by atoms with Crippen LogP contribution in [0.15, 0.2) is 0 Å². The highest BCUT2D eigenvalue weighted by Gasteiger charge is 2.29. The number of nitrogens with zero attached hydrogens (tertiary/aromatic N) is 1. The van der Waals surface area contributed by atoms with Gasteiger partial charge in [0.05, 0.1) is 6.42 Å². The van der Waals surface area contributed by atoms with E-state index >= 15 is 0 Å². The Morgan fingerprint density at radius 3 is 2.50 bits per heavy atom. The van der Waals surface area contributed by atoms with Gasteiger partial charge in [0.15, 0.2) is 0 Å². The maximum absolute atomic E-state index is 12.0. The second-order valence-corrected chi connectivity index (χ2v) is 4.27. The maximum Gasteiger partial charge on any atom is 0.390 e. The molecule has 0 amide bonds. The smallest absolute Gasteiger partial charge is 0.314 e. The molecule has 0 aromatic rings. The van der Waals surface area contributed by atoms with Crippen LogP contribution in [0.2, 0.25) is 0 Å². The summed E-state index contributed by atoms with van der Waals surface area (Å²) in [4.78, 5) is 2.25. The van der Waals surface area contributed by atoms with Crippen LogP contribution in [0.5, 0.6) is 0 Å². The van der Waals surface area contributed by atoms with Gasteiger partial charge in [0.25, 0.3) is 0 Å². The van der Waals surface area contributed by atoms with Gasteiger partial charge in [-0.05, 0) is 6.92 Å². The zero-order valence-electron chi connectivity index (χ0n) is 9.61. The highest BCUT2D eigenvalue weighted by molar-refractivity contribution is 4.70. The Morgan fingerprint density at radius 1 is 1.31 bits per heavy atom. The van der Waals surface area contributed by atoms with Crippen molar-refractivity contribution in [3.05, 3.63) is 0 Å². The van der Waals surface area contributed by atoms with E-state index in [4.69, 9.17) is 0 Å². The van der Waals surface area contributed by atoms with Gasteiger partial charge < -0.3 is 10.6 Å². The molecule has 16 heavy (non-hydrogen) atoms. The normalized spacial score (nSPS) is 21.0. The van der Waals surface area contributed by atoms with Crippen LogP contribution >= 0.6 is 0 Å². The number of hydrogen-bond donors (Lipinski definition) is 2. The summed E-state index contributed by atoms with van der Waals surface area (Å²) in [6.07, 6.45) is -4.82. The fraction of sp³-hybridized carbons (Fsp3) is 1.00. The molecule has 0 spiro atoms. The molecule has 1 atom stereocenters. The molecule has 0 aliphatic carbocycles. The fourth-order valence-electron chi connectivity index (χ4n) is 1.82. The first kappa shape index (κ1) is 13.7. The average Bonchev–Trinajstić information content (AvgIpc) is 2.16. The summed E-state index contributed by atoms with van der Waals surface area (Å²) in [5.74, 6) is 0. The maximum atomic E-state index is 12.0. The zero-order valence-corrected chi connectivity index (χ0v) is 9.61. The molecule has 1 heterocycles. The molecule has 0 aromatic carbocycles. The van der Waals surface area contributed by atoms with Crippen LogP contribution < -0.4 is 10.6 Å². The third kappa shape index (κ3) is 6.30. The number of alkyl halides is 3. The molecular weight excluding hydrogens is 219 g/mol. The molecule has 96 valence electrons. The van der Waals surface area contributed by atoms with Crippen LogP contribution in [0.25, 0.3) is 0 Å². The molecule has 1 rings (SSSR count). The fourth-order valence-corrected chi connectivity index (χ4v) is 1.82. The topological polar surface area (TPSA) is 27.3 Å². The monoisotopic (exact) mass is 239 g/mol. The zero-order chi connectivity index (χ0) is 12.0. The molecule has 6 heteroatoms. The van der Waals surface area contributed by atoms with E-state index in [2.05, 4.69) is 15.5 Å². The van der Waals surface area contributed by atoms with Crippen molar-refractivity contribution < 1.29 is 13.2 Å². The first-order valence-electron chi connectivity index (χ1n) is 5.70. The van der Waals surface area contributed by atoms with E-state index in [1.807, 2.05) is 0 Å². The highest BCUT2D eigenvalue weighted by atomic mass is 19.4. The summed E-state index contributed by atoms with van der Waals surface area (Å²) in [5.41, 5.74) is 0. The first-order valence-corrected chi connectivity index (χ1v) is 5.70. The SMILES string of the molecule is CC(CC(F)(F)F)NCCN1CCNCC1. The lowest BCUT2D eigenvalue weighted by atomic mass is 10.2. The molecule has 1 aliphatic rings. The van der Waals surface area contributed by atoms with Crippen LogP contribution in [-0.2, 0) is 0 Å². The summed E-state index contributed by atoms with van der Waals surface area (Å²) in [6, 6.07) is -0.497. The molecule has 1 fully saturated rings. The van der Waals surface area contributed by atoms with E-state index in [-0.39, 0.29) is 0 Å². The first-order chi connectivity index (χ1) is 7.47. The molecule has 1 unspecified atom stereocenters. The summed E-state index contributed by atoms with van der Waals surface area (Å²) in [5, 5.41) is 6.14. The van der Waals surface area contributed by atoms with Gasteiger partial charge in [0, 0.05) is 45.3 Å². The molecule has 3 nitrogen and oxygen atoms in total. The van der Waals surface area contributed by atoms with Crippen molar-refractivity contribution in [1.82, 2.24) is 15.5 Å². The van der Waals surface area contributed by atoms with Crippen molar-refractivity contribution in [3.63, 3.8) is 0 Å². The lowest BCUT2D eigenvalue weighted by Crippen LogP contribution is -2.46. The van der Waals surface area contributed by atoms with Gasteiger partial charge in [-0.15, -0.1) is 0 Å². The van der Waals surface area contributed by atoms with Gasteiger partial charge >= 0.3 is 6.18 Å². The van der Waals surface area contributed by atoms with Crippen LogP contribution in [0.3, 0.4) is 0 Å². The predicted octanol–water partition coefficient (Wildman–Crippen LogP) is 0.822. The van der Waals surface area contributed by atoms with Crippen molar-refractivity contribution in [1.29, 1.82) is 0 Å². The minimum Gasteiger partial charge on any atom is -0.314 e. The number of piperazine rings is 1. The lowest BCUT2D eigenvalue weighted by Gasteiger charge is -2.27. The van der Waals surface area contributed by atoms with Gasteiger partial charge in [-0.1, -0.05) is 0 Å². The Labute approximate surface area is 94.4 Å². The Morgan fingerprint density at radius 2 is 1.94 bits per heavy atom. The van der Waals surface area contributed by atoms with Crippen molar-refractivity contribution in [2.75, 3.05) is 39.3 Å². The molecular formula is C10H20F3N3. The molecule has 0 bridgehead atoms. The second-order valence-electron chi connectivity index (χ2n) is 4.27. The van der Waals surface area contributed by atoms with Crippen LogP contribution in [-0.4, -0.2) is 56.4 Å². The summed E-state index contributed by atoms with van der Waals surface area (Å²) < 4.78 is 36.1. The highest BCUT2D eigenvalue weighted by Crippen LogP contribution is 2.21. The van der Waals surface area contributed by atoms with Crippen LogP contribution in [0.4, 0.5) is 13.2 Å². The Kier molecular flexibility index (Phi) is 5.51. The van der Waals surface area contributed by atoms with Crippen molar-refractivity contribution in [2.45, 2.75) is 25.6 Å². The molecule has 0 saturated carbocycles. The van der Waals surface area contributed by atoms with E-state index in [1.165, 1.54) is 0 Å². The molecule has 0 aromatic heterocycles. The van der Waals surface area contributed by atoms with E-state index in [9.17, 15) is 13.2 Å². The van der Waals surface area contributed by atoms with Gasteiger partial charge in [-0.25, -0.2) is 0 Å². The Bertz CT molecular complexity index is 190. The van der Waals surface area contributed by atoms with Gasteiger partial charge in [0.2, 0.25) is 0 Å². The summed E-state index contributed by atoms with van der Waals surface area (Å²) in [7, 11) is 0. The quantitative estimate of drug-likeness (QED) is 0.744. The second kappa shape index (κ2) is 6.42. The predicted molar refractivity (Wildman–Crippen MR) is 57.4 cm³/mol. The van der Waals surface area contributed by atoms with Crippen molar-refractivity contribution >= 4 is 0 Å². The van der Waals surface area contributed by atoms with Crippen molar-refractivity contribution in [2.24, 2.45) is 0 Å². The standard InChI is InChI=1S/C10H20F3N3/c1-9(8-10(11,12)13)15-4-7-16-5-2-14-3-6-16/h9,14-15H,2-8H2,1H3. The number of hydrogen-bond acceptors (Lipinski definition) is 3. The van der Waals surface area contributed by atoms with E-state index in [0.29, 0.717) is 6.54 Å². The van der Waals surface area contributed by atoms with Gasteiger partial charge in [-0.3, -0.25) is 4.90 Å². The summed E-state index contributed by atoms with van der Waals surface area (Å²) in [6.45, 7) is 6.92. The molecule has 1 aliphatic heterocycles. The van der Waals surface area contributed by atoms with Gasteiger partial charge in [0.1, 0.15) is 0 Å². The Balaban J connectivity index is 2.05. The van der Waals surface area contributed by atoms with Crippen molar-refractivity contribution in [3.8, 4) is 0 Å².